The van der Waals surface area contributed by atoms with Gasteiger partial charge in [-0.15, -0.1) is 0 Å². The molecule has 0 aliphatic carbocycles. The van der Waals surface area contributed by atoms with Crippen molar-refractivity contribution in [3.63, 3.8) is 0 Å². The standard InChI is InChI=1S/C39H31N5O8/c1-39(52-38(48)28-20-12-5-13-21-28)29(22-49-36(46)26-16-8-3-9-17-26)50-35(31(39)51-37(47)27-18-10-4-11-19-27)44-24-42-30-32(40-23-41-33(30)44)43-34(45)25-14-6-2-7-15-25/h2-21,23-24,29,31,35H,22H2,1H3,(H,40,41,43,45)/t29-,31?,35-,39+/m1/s1. The van der Waals surface area contributed by atoms with Gasteiger partial charge in [-0.3, -0.25) is 9.36 Å². The normalized spacial score (nSPS) is 19.4. The van der Waals surface area contributed by atoms with E-state index in [1.165, 1.54) is 17.2 Å². The van der Waals surface area contributed by atoms with Gasteiger partial charge in [-0.1, -0.05) is 72.8 Å². The van der Waals surface area contributed by atoms with Crippen molar-refractivity contribution in [2.45, 2.75) is 31.0 Å². The molecule has 1 aliphatic heterocycles. The number of anilines is 1. The Balaban J connectivity index is 1.28. The number of amides is 1. The Labute approximate surface area is 297 Å². The minimum atomic E-state index is -1.74. The Bertz CT molecular complexity index is 2220. The van der Waals surface area contributed by atoms with Crippen molar-refractivity contribution in [1.29, 1.82) is 0 Å². The number of nitrogens with one attached hydrogen (secondary N) is 1. The first kappa shape index (κ1) is 33.8. The molecule has 1 N–H and O–H groups in total. The number of hydrogen-bond donors (Lipinski definition) is 1. The second-order valence-electron chi connectivity index (χ2n) is 12.0. The van der Waals surface area contributed by atoms with Crippen molar-refractivity contribution >= 4 is 40.8 Å². The predicted molar refractivity (Wildman–Crippen MR) is 186 cm³/mol. The first-order valence-corrected chi connectivity index (χ1v) is 16.3. The van der Waals surface area contributed by atoms with Gasteiger partial charge in [0.25, 0.3) is 5.91 Å². The number of carbonyl (C=O) groups is 4. The van der Waals surface area contributed by atoms with Crippen molar-refractivity contribution in [2.75, 3.05) is 11.9 Å². The van der Waals surface area contributed by atoms with Crippen LogP contribution in [0.25, 0.3) is 11.2 Å². The molecule has 4 atom stereocenters. The van der Waals surface area contributed by atoms with Crippen LogP contribution in [0.4, 0.5) is 5.82 Å². The number of hydrogen-bond acceptors (Lipinski definition) is 11. The minimum Gasteiger partial charge on any atom is -0.459 e. The Morgan fingerprint density at radius 1 is 0.712 bits per heavy atom. The molecule has 0 saturated carbocycles. The number of imidazole rings is 1. The second-order valence-corrected chi connectivity index (χ2v) is 12.0. The summed E-state index contributed by atoms with van der Waals surface area (Å²) in [7, 11) is 0. The average molecular weight is 698 g/mol. The highest BCUT2D eigenvalue weighted by Gasteiger charge is 2.60. The monoisotopic (exact) mass is 697 g/mol. The highest BCUT2D eigenvalue weighted by molar-refractivity contribution is 6.06. The smallest absolute Gasteiger partial charge is 0.338 e. The van der Waals surface area contributed by atoms with Gasteiger partial charge in [-0.05, 0) is 55.5 Å². The summed E-state index contributed by atoms with van der Waals surface area (Å²) in [5, 5.41) is 2.77. The van der Waals surface area contributed by atoms with E-state index in [0.29, 0.717) is 11.1 Å². The summed E-state index contributed by atoms with van der Waals surface area (Å²) in [5.74, 6) is -2.38. The maximum Gasteiger partial charge on any atom is 0.338 e. The Kier molecular flexibility index (Phi) is 9.50. The molecule has 0 spiro atoms. The molecule has 0 radical (unpaired) electrons. The molecule has 3 heterocycles. The fraction of sp³-hybridized carbons (Fsp3) is 0.154. The Morgan fingerprint density at radius 3 is 1.85 bits per heavy atom. The maximum absolute atomic E-state index is 13.7. The van der Waals surface area contributed by atoms with E-state index in [4.69, 9.17) is 18.9 Å². The largest absolute Gasteiger partial charge is 0.459 e. The first-order valence-electron chi connectivity index (χ1n) is 16.3. The van der Waals surface area contributed by atoms with Gasteiger partial charge in [-0.2, -0.15) is 0 Å². The zero-order valence-electron chi connectivity index (χ0n) is 27.7. The summed E-state index contributed by atoms with van der Waals surface area (Å²) in [6, 6.07) is 33.6. The van der Waals surface area contributed by atoms with Gasteiger partial charge in [0.2, 0.25) is 0 Å². The molecule has 1 aliphatic rings. The summed E-state index contributed by atoms with van der Waals surface area (Å²) in [5.41, 5.74) is -0.139. The molecule has 0 bridgehead atoms. The topological polar surface area (TPSA) is 161 Å². The zero-order valence-corrected chi connectivity index (χ0v) is 27.7. The molecule has 52 heavy (non-hydrogen) atoms. The third-order valence-electron chi connectivity index (χ3n) is 8.61. The molecule has 4 aromatic carbocycles. The SMILES string of the molecule is C[C@@]1(OC(=O)c2ccccc2)C(OC(=O)c2ccccc2)[C@H](n2cnc3c(NC(=O)c4ccccc4)ncnc32)O[C@@H]1COC(=O)c1ccccc1. The highest BCUT2D eigenvalue weighted by Crippen LogP contribution is 2.44. The van der Waals surface area contributed by atoms with Crippen LogP contribution >= 0.6 is 0 Å². The van der Waals surface area contributed by atoms with Gasteiger partial charge >= 0.3 is 17.9 Å². The highest BCUT2D eigenvalue weighted by atomic mass is 16.7. The van der Waals surface area contributed by atoms with E-state index in [0.717, 1.165) is 0 Å². The van der Waals surface area contributed by atoms with Gasteiger partial charge < -0.3 is 24.3 Å². The van der Waals surface area contributed by atoms with E-state index in [1.807, 2.05) is 0 Å². The number of aromatic nitrogens is 4. The van der Waals surface area contributed by atoms with Crippen LogP contribution in [0, 0.1) is 0 Å². The van der Waals surface area contributed by atoms with Crippen LogP contribution in [0.2, 0.25) is 0 Å². The number of ether oxygens (including phenoxy) is 4. The number of rotatable bonds is 10. The van der Waals surface area contributed by atoms with E-state index in [-0.39, 0.29) is 34.7 Å². The summed E-state index contributed by atoms with van der Waals surface area (Å²) < 4.78 is 26.1. The lowest BCUT2D eigenvalue weighted by Crippen LogP contribution is -2.52. The lowest BCUT2D eigenvalue weighted by molar-refractivity contribution is -0.0989. The summed E-state index contributed by atoms with van der Waals surface area (Å²) in [6.45, 7) is 1.17. The van der Waals surface area contributed by atoms with Crippen molar-refractivity contribution in [2.24, 2.45) is 0 Å². The Hall–Kier alpha value is -6.73. The van der Waals surface area contributed by atoms with Crippen LogP contribution in [0.15, 0.2) is 134 Å². The lowest BCUT2D eigenvalue weighted by atomic mass is 9.93. The maximum atomic E-state index is 13.7. The number of nitrogens with zero attached hydrogens (tertiary/aromatic N) is 4. The van der Waals surface area contributed by atoms with Crippen LogP contribution in [0.5, 0.6) is 0 Å². The van der Waals surface area contributed by atoms with E-state index < -0.39 is 47.9 Å². The summed E-state index contributed by atoms with van der Waals surface area (Å²) in [4.78, 5) is 66.6. The minimum absolute atomic E-state index is 0.125. The Morgan fingerprint density at radius 2 is 1.25 bits per heavy atom. The summed E-state index contributed by atoms with van der Waals surface area (Å²) in [6.07, 6.45) is -1.09. The van der Waals surface area contributed by atoms with Gasteiger partial charge in [-0.25, -0.2) is 29.3 Å². The van der Waals surface area contributed by atoms with Crippen molar-refractivity contribution in [3.05, 3.63) is 156 Å². The van der Waals surface area contributed by atoms with E-state index in [2.05, 4.69) is 20.3 Å². The fourth-order valence-corrected chi connectivity index (χ4v) is 5.85. The molecule has 1 amide bonds. The van der Waals surface area contributed by atoms with Gasteiger partial charge in [0.1, 0.15) is 19.0 Å². The van der Waals surface area contributed by atoms with Crippen LogP contribution in [-0.2, 0) is 18.9 Å². The molecule has 1 unspecified atom stereocenters. The molecule has 13 nitrogen and oxygen atoms in total. The molecule has 1 fully saturated rings. The van der Waals surface area contributed by atoms with Crippen molar-refractivity contribution in [3.8, 4) is 0 Å². The average Bonchev–Trinajstić information content (AvgIpc) is 3.73. The molecule has 7 rings (SSSR count). The number of esters is 3. The predicted octanol–water partition coefficient (Wildman–Crippen LogP) is 5.67. The molecule has 13 heteroatoms. The number of carbonyl (C=O) groups excluding carboxylic acids is 4. The molecular formula is C39H31N5O8. The van der Waals surface area contributed by atoms with Crippen molar-refractivity contribution in [1.82, 2.24) is 19.5 Å². The van der Waals surface area contributed by atoms with Crippen LogP contribution in [0.3, 0.4) is 0 Å². The molecule has 6 aromatic rings. The second kappa shape index (κ2) is 14.6. The van der Waals surface area contributed by atoms with Crippen LogP contribution < -0.4 is 5.32 Å². The number of fused-ring (bicyclic) bond motifs is 1. The van der Waals surface area contributed by atoms with Gasteiger partial charge in [0, 0.05) is 5.56 Å². The third kappa shape index (κ3) is 6.85. The van der Waals surface area contributed by atoms with Crippen molar-refractivity contribution < 1.29 is 38.1 Å². The number of benzene rings is 4. The molecule has 1 saturated heterocycles. The van der Waals surface area contributed by atoms with Gasteiger partial charge in [0.05, 0.1) is 23.0 Å². The molecular weight excluding hydrogens is 666 g/mol. The van der Waals surface area contributed by atoms with Crippen LogP contribution in [-0.4, -0.2) is 67.7 Å². The quantitative estimate of drug-likeness (QED) is 0.139. The molecule has 2 aromatic heterocycles. The zero-order chi connectivity index (χ0) is 36.1. The van der Waals surface area contributed by atoms with Crippen LogP contribution in [0.1, 0.15) is 54.6 Å². The van der Waals surface area contributed by atoms with E-state index >= 15 is 0 Å². The first-order chi connectivity index (χ1) is 25.3. The lowest BCUT2D eigenvalue weighted by Gasteiger charge is -2.34. The summed E-state index contributed by atoms with van der Waals surface area (Å²) >= 11 is 0. The third-order valence-corrected chi connectivity index (χ3v) is 8.61. The van der Waals surface area contributed by atoms with E-state index in [1.54, 1.807) is 128 Å². The van der Waals surface area contributed by atoms with Gasteiger partial charge in [0.15, 0.2) is 34.9 Å². The fourth-order valence-electron chi connectivity index (χ4n) is 5.85. The molecule has 260 valence electrons. The van der Waals surface area contributed by atoms with E-state index in [9.17, 15) is 19.2 Å².